The summed E-state index contributed by atoms with van der Waals surface area (Å²) in [6, 6.07) is 23.7. The SMILES string of the molecule is CCOC(=O)c1ccc(NC(=O)/C(C#N)=C/c2c[nH]c3ccc(OCc4ccccc4)cc23)cc1. The number of ether oxygens (including phenoxy) is 2. The predicted molar refractivity (Wildman–Crippen MR) is 134 cm³/mol. The number of H-pyrrole nitrogens is 1. The molecule has 0 fully saturated rings. The molecule has 4 aromatic rings. The fourth-order valence-corrected chi connectivity index (χ4v) is 3.48. The van der Waals surface area contributed by atoms with Gasteiger partial charge in [0.05, 0.1) is 12.2 Å². The van der Waals surface area contributed by atoms with Crippen LogP contribution in [0.3, 0.4) is 0 Å². The lowest BCUT2D eigenvalue weighted by atomic mass is 10.1. The van der Waals surface area contributed by atoms with Crippen LogP contribution in [0, 0.1) is 11.3 Å². The van der Waals surface area contributed by atoms with Crippen LogP contribution in [-0.2, 0) is 16.1 Å². The molecule has 0 spiro atoms. The Morgan fingerprint density at radius 1 is 1.06 bits per heavy atom. The highest BCUT2D eigenvalue weighted by atomic mass is 16.5. The number of nitrogens with zero attached hydrogens (tertiary/aromatic N) is 1. The minimum Gasteiger partial charge on any atom is -0.489 e. The first-order chi connectivity index (χ1) is 17.1. The molecule has 35 heavy (non-hydrogen) atoms. The van der Waals surface area contributed by atoms with Gasteiger partial charge in [-0.3, -0.25) is 4.79 Å². The number of anilines is 1. The number of nitrogens with one attached hydrogen (secondary N) is 2. The van der Waals surface area contributed by atoms with E-state index in [0.29, 0.717) is 29.2 Å². The smallest absolute Gasteiger partial charge is 0.338 e. The Bertz CT molecular complexity index is 1410. The summed E-state index contributed by atoms with van der Waals surface area (Å²) in [7, 11) is 0. The van der Waals surface area contributed by atoms with Crippen molar-refractivity contribution in [1.82, 2.24) is 4.98 Å². The number of amides is 1. The van der Waals surface area contributed by atoms with Crippen molar-refractivity contribution >= 4 is 34.5 Å². The minimum atomic E-state index is -0.554. The molecule has 0 radical (unpaired) electrons. The Balaban J connectivity index is 1.50. The first-order valence-corrected chi connectivity index (χ1v) is 11.1. The zero-order valence-corrected chi connectivity index (χ0v) is 19.1. The fraction of sp³-hybridized carbons (Fsp3) is 0.107. The zero-order valence-electron chi connectivity index (χ0n) is 19.1. The Labute approximate surface area is 202 Å². The number of aromatic amines is 1. The van der Waals surface area contributed by atoms with Crippen molar-refractivity contribution in [2.24, 2.45) is 0 Å². The third-order valence-corrected chi connectivity index (χ3v) is 5.25. The maximum Gasteiger partial charge on any atom is 0.338 e. The van der Waals surface area contributed by atoms with Crippen LogP contribution in [-0.4, -0.2) is 23.5 Å². The molecule has 0 saturated heterocycles. The molecule has 0 atom stereocenters. The summed E-state index contributed by atoms with van der Waals surface area (Å²) in [5.41, 5.74) is 3.38. The molecule has 0 bridgehead atoms. The van der Waals surface area contributed by atoms with Crippen molar-refractivity contribution in [2.75, 3.05) is 11.9 Å². The van der Waals surface area contributed by atoms with E-state index in [1.54, 1.807) is 37.4 Å². The number of hydrogen-bond acceptors (Lipinski definition) is 5. The molecule has 1 amide bonds. The molecule has 0 aliphatic heterocycles. The normalized spacial score (nSPS) is 11.0. The average molecular weight is 466 g/mol. The Hall–Kier alpha value is -4.83. The zero-order chi connectivity index (χ0) is 24.6. The average Bonchev–Trinajstić information content (AvgIpc) is 3.29. The van der Waals surface area contributed by atoms with Gasteiger partial charge >= 0.3 is 5.97 Å². The van der Waals surface area contributed by atoms with E-state index in [-0.39, 0.29) is 12.2 Å². The summed E-state index contributed by atoms with van der Waals surface area (Å²) in [6.07, 6.45) is 3.27. The van der Waals surface area contributed by atoms with Crippen LogP contribution >= 0.6 is 0 Å². The maximum atomic E-state index is 12.7. The van der Waals surface area contributed by atoms with Crippen LogP contribution in [0.5, 0.6) is 5.75 Å². The highest BCUT2D eigenvalue weighted by molar-refractivity contribution is 6.11. The molecule has 7 nitrogen and oxygen atoms in total. The lowest BCUT2D eigenvalue weighted by Crippen LogP contribution is -2.13. The fourth-order valence-electron chi connectivity index (χ4n) is 3.48. The van der Waals surface area contributed by atoms with Crippen molar-refractivity contribution in [3.05, 3.63) is 101 Å². The molecule has 1 aromatic heterocycles. The number of hydrogen-bond donors (Lipinski definition) is 2. The summed E-state index contributed by atoms with van der Waals surface area (Å²) in [5, 5.41) is 13.1. The number of carbonyl (C=O) groups excluding carboxylic acids is 2. The van der Waals surface area contributed by atoms with E-state index in [1.807, 2.05) is 54.6 Å². The van der Waals surface area contributed by atoms with Gasteiger partial charge in [0.15, 0.2) is 0 Å². The first kappa shape index (κ1) is 23.3. The minimum absolute atomic E-state index is 0.0593. The van der Waals surface area contributed by atoms with Crippen LogP contribution in [0.1, 0.15) is 28.4 Å². The largest absolute Gasteiger partial charge is 0.489 e. The van der Waals surface area contributed by atoms with Crippen molar-refractivity contribution in [1.29, 1.82) is 5.26 Å². The lowest BCUT2D eigenvalue weighted by molar-refractivity contribution is -0.112. The molecule has 4 rings (SSSR count). The number of carbonyl (C=O) groups is 2. The number of nitriles is 1. The predicted octanol–water partition coefficient (Wildman–Crippen LogP) is 5.47. The summed E-state index contributed by atoms with van der Waals surface area (Å²) in [6.45, 7) is 2.44. The van der Waals surface area contributed by atoms with Gasteiger partial charge in [0.25, 0.3) is 5.91 Å². The Morgan fingerprint density at radius 2 is 1.83 bits per heavy atom. The molecule has 7 heteroatoms. The number of aromatic nitrogens is 1. The van der Waals surface area contributed by atoms with Crippen LogP contribution in [0.4, 0.5) is 5.69 Å². The lowest BCUT2D eigenvalue weighted by Gasteiger charge is -2.07. The molecule has 0 saturated carbocycles. The monoisotopic (exact) mass is 465 g/mol. The van der Waals surface area contributed by atoms with Crippen molar-refractivity contribution in [3.63, 3.8) is 0 Å². The third-order valence-electron chi connectivity index (χ3n) is 5.25. The molecule has 174 valence electrons. The van der Waals surface area contributed by atoms with Crippen LogP contribution in [0.25, 0.3) is 17.0 Å². The van der Waals surface area contributed by atoms with Gasteiger partial charge in [0, 0.05) is 28.4 Å². The van der Waals surface area contributed by atoms with Crippen LogP contribution in [0.15, 0.2) is 84.6 Å². The summed E-state index contributed by atoms with van der Waals surface area (Å²) in [5.74, 6) is -0.308. The van der Waals surface area contributed by atoms with Crippen molar-refractivity contribution < 1.29 is 19.1 Å². The molecule has 0 unspecified atom stereocenters. The van der Waals surface area contributed by atoms with Gasteiger partial charge in [-0.15, -0.1) is 0 Å². The number of fused-ring (bicyclic) bond motifs is 1. The van der Waals surface area contributed by atoms with Gasteiger partial charge in [0.2, 0.25) is 0 Å². The van der Waals surface area contributed by atoms with Gasteiger partial charge < -0.3 is 19.8 Å². The van der Waals surface area contributed by atoms with Crippen molar-refractivity contribution in [2.45, 2.75) is 13.5 Å². The Morgan fingerprint density at radius 3 is 2.54 bits per heavy atom. The van der Waals surface area contributed by atoms with E-state index >= 15 is 0 Å². The van der Waals surface area contributed by atoms with Gasteiger partial charge in [-0.2, -0.15) is 5.26 Å². The molecule has 2 N–H and O–H groups in total. The van der Waals surface area contributed by atoms with E-state index in [2.05, 4.69) is 10.3 Å². The molecule has 0 aliphatic rings. The second-order valence-electron chi connectivity index (χ2n) is 7.65. The third kappa shape index (κ3) is 5.75. The molecule has 1 heterocycles. The maximum absolute atomic E-state index is 12.7. The van der Waals surface area contributed by atoms with Crippen molar-refractivity contribution in [3.8, 4) is 11.8 Å². The Kier molecular flexibility index (Phi) is 7.24. The highest BCUT2D eigenvalue weighted by Crippen LogP contribution is 2.26. The standard InChI is InChI=1S/C28H23N3O4/c1-2-34-28(33)20-8-10-23(11-9-20)31-27(32)21(16-29)14-22-17-30-26-13-12-24(15-25(22)26)35-18-19-6-4-3-5-7-19/h3-15,17,30H,2,18H2,1H3,(H,31,32)/b21-14+. The van der Waals surface area contributed by atoms with E-state index in [9.17, 15) is 14.9 Å². The summed E-state index contributed by atoms with van der Waals surface area (Å²) >= 11 is 0. The highest BCUT2D eigenvalue weighted by Gasteiger charge is 2.13. The van der Waals surface area contributed by atoms with Gasteiger partial charge in [-0.05, 0) is 61.0 Å². The second kappa shape index (κ2) is 10.9. The molecule has 0 aliphatic carbocycles. The summed E-state index contributed by atoms with van der Waals surface area (Å²) in [4.78, 5) is 27.7. The number of benzene rings is 3. The van der Waals surface area contributed by atoms with E-state index in [1.165, 1.54) is 6.08 Å². The van der Waals surface area contributed by atoms with E-state index in [4.69, 9.17) is 9.47 Å². The summed E-state index contributed by atoms with van der Waals surface area (Å²) < 4.78 is 10.9. The van der Waals surface area contributed by atoms with E-state index in [0.717, 1.165) is 16.5 Å². The van der Waals surface area contributed by atoms with Gasteiger partial charge in [-0.25, -0.2) is 4.79 Å². The van der Waals surface area contributed by atoms with Crippen LogP contribution in [0.2, 0.25) is 0 Å². The molecule has 3 aromatic carbocycles. The van der Waals surface area contributed by atoms with Crippen LogP contribution < -0.4 is 10.1 Å². The van der Waals surface area contributed by atoms with Gasteiger partial charge in [-0.1, -0.05) is 30.3 Å². The molecular formula is C28H23N3O4. The van der Waals surface area contributed by atoms with E-state index < -0.39 is 11.9 Å². The first-order valence-electron chi connectivity index (χ1n) is 11.1. The van der Waals surface area contributed by atoms with Gasteiger partial charge in [0.1, 0.15) is 24.0 Å². The topological polar surface area (TPSA) is 104 Å². The second-order valence-corrected chi connectivity index (χ2v) is 7.65. The quantitative estimate of drug-likeness (QED) is 0.204. The molecular weight excluding hydrogens is 442 g/mol. The number of rotatable bonds is 8. The number of esters is 1.